The third-order valence-corrected chi connectivity index (χ3v) is 3.24. The zero-order valence-electron chi connectivity index (χ0n) is 11.1. The van der Waals surface area contributed by atoms with Crippen LogP contribution >= 0.6 is 11.6 Å². The molecule has 19 heavy (non-hydrogen) atoms. The van der Waals surface area contributed by atoms with Crippen molar-refractivity contribution in [3.63, 3.8) is 0 Å². The summed E-state index contributed by atoms with van der Waals surface area (Å²) in [7, 11) is 3.22. The highest BCUT2D eigenvalue weighted by Gasteiger charge is 2.22. The van der Waals surface area contributed by atoms with Gasteiger partial charge in [-0.1, -0.05) is 6.42 Å². The minimum Gasteiger partial charge on any atom is -0.358 e. The molecule has 0 radical (unpaired) electrons. The molecule has 0 fully saturated rings. The Hall–Kier alpha value is -1.56. The summed E-state index contributed by atoms with van der Waals surface area (Å²) in [6.07, 6.45) is 2.77. The number of rotatable bonds is 7. The van der Waals surface area contributed by atoms with Crippen LogP contribution in [0.4, 0.5) is 5.82 Å². The van der Waals surface area contributed by atoms with Crippen LogP contribution in [0.3, 0.4) is 0 Å². The maximum atomic E-state index is 12.1. The van der Waals surface area contributed by atoms with Crippen molar-refractivity contribution in [2.75, 3.05) is 19.5 Å². The number of amides is 1. The molecule has 0 saturated carbocycles. The average molecular weight is 288 g/mol. The van der Waals surface area contributed by atoms with Crippen molar-refractivity contribution in [3.8, 4) is 0 Å². The Morgan fingerprint density at radius 1 is 1.42 bits per heavy atom. The summed E-state index contributed by atoms with van der Waals surface area (Å²) in [5, 5.41) is 10.7. The standard InChI is InChI=1S/C12H18ClN3O3/c1-14(9-5-3-4-8-13)12(17)10-6-7-11(15(10)2)16(18)19/h6-7H,3-5,8-9H2,1-2H3. The summed E-state index contributed by atoms with van der Waals surface area (Å²) in [5.74, 6) is 0.335. The maximum absolute atomic E-state index is 12.1. The lowest BCUT2D eigenvalue weighted by molar-refractivity contribution is -0.391. The molecule has 0 bridgehead atoms. The number of hydrogen-bond acceptors (Lipinski definition) is 3. The van der Waals surface area contributed by atoms with E-state index in [1.807, 2.05) is 0 Å². The number of alkyl halides is 1. The molecule has 0 unspecified atom stereocenters. The number of unbranched alkanes of at least 4 members (excludes halogenated alkanes) is 2. The van der Waals surface area contributed by atoms with Crippen molar-refractivity contribution in [2.24, 2.45) is 7.05 Å². The molecule has 1 heterocycles. The highest BCUT2D eigenvalue weighted by molar-refractivity contribution is 6.17. The number of nitro groups is 1. The molecular formula is C12H18ClN3O3. The minimum absolute atomic E-state index is 0.0844. The average Bonchev–Trinajstić information content (AvgIpc) is 2.75. The van der Waals surface area contributed by atoms with Gasteiger partial charge in [0.2, 0.25) is 0 Å². The quantitative estimate of drug-likeness (QED) is 0.335. The normalized spacial score (nSPS) is 10.5. The van der Waals surface area contributed by atoms with Gasteiger partial charge in [0.15, 0.2) is 5.69 Å². The maximum Gasteiger partial charge on any atom is 0.323 e. The molecule has 0 aliphatic rings. The Labute approximate surface area is 117 Å². The number of halogens is 1. The van der Waals surface area contributed by atoms with E-state index in [0.717, 1.165) is 19.3 Å². The monoisotopic (exact) mass is 287 g/mol. The summed E-state index contributed by atoms with van der Waals surface area (Å²) >= 11 is 5.58. The van der Waals surface area contributed by atoms with Gasteiger partial charge in [-0.25, -0.2) is 4.57 Å². The van der Waals surface area contributed by atoms with E-state index in [0.29, 0.717) is 18.1 Å². The third-order valence-electron chi connectivity index (χ3n) is 2.98. The van der Waals surface area contributed by atoms with Crippen LogP contribution in [-0.4, -0.2) is 39.8 Å². The van der Waals surface area contributed by atoms with Gasteiger partial charge in [-0.15, -0.1) is 11.6 Å². The highest BCUT2D eigenvalue weighted by atomic mass is 35.5. The third kappa shape index (κ3) is 3.96. The van der Waals surface area contributed by atoms with Crippen molar-refractivity contribution in [2.45, 2.75) is 19.3 Å². The van der Waals surface area contributed by atoms with E-state index >= 15 is 0 Å². The second kappa shape index (κ2) is 7.13. The predicted octanol–water partition coefficient (Wildman–Crippen LogP) is 2.41. The lowest BCUT2D eigenvalue weighted by Gasteiger charge is -2.15. The van der Waals surface area contributed by atoms with E-state index in [9.17, 15) is 14.9 Å². The van der Waals surface area contributed by atoms with E-state index in [1.165, 1.54) is 23.7 Å². The van der Waals surface area contributed by atoms with Crippen LogP contribution in [0.1, 0.15) is 29.8 Å². The Bertz CT molecular complexity index is 459. The van der Waals surface area contributed by atoms with E-state index in [-0.39, 0.29) is 11.7 Å². The van der Waals surface area contributed by atoms with Crippen molar-refractivity contribution in [3.05, 3.63) is 27.9 Å². The Morgan fingerprint density at radius 2 is 2.11 bits per heavy atom. The van der Waals surface area contributed by atoms with E-state index in [1.54, 1.807) is 11.9 Å². The topological polar surface area (TPSA) is 68.4 Å². The molecule has 1 aromatic rings. The Morgan fingerprint density at radius 3 is 2.63 bits per heavy atom. The first-order valence-corrected chi connectivity index (χ1v) is 6.64. The summed E-state index contributed by atoms with van der Waals surface area (Å²) in [6.45, 7) is 0.620. The molecule has 6 nitrogen and oxygen atoms in total. The van der Waals surface area contributed by atoms with Gasteiger partial charge in [-0.05, 0) is 23.8 Å². The lowest BCUT2D eigenvalue weighted by Crippen LogP contribution is -2.29. The van der Waals surface area contributed by atoms with Crippen LogP contribution in [0, 0.1) is 10.1 Å². The molecule has 0 saturated heterocycles. The molecule has 0 N–H and O–H groups in total. The van der Waals surface area contributed by atoms with Gasteiger partial charge in [-0.2, -0.15) is 0 Å². The number of nitrogens with zero attached hydrogens (tertiary/aromatic N) is 3. The second-order valence-corrected chi connectivity index (χ2v) is 4.75. The first kappa shape index (κ1) is 15.5. The second-order valence-electron chi connectivity index (χ2n) is 4.37. The summed E-state index contributed by atoms with van der Waals surface area (Å²) in [6, 6.07) is 2.82. The smallest absolute Gasteiger partial charge is 0.323 e. The van der Waals surface area contributed by atoms with Gasteiger partial charge in [-0.3, -0.25) is 4.79 Å². The van der Waals surface area contributed by atoms with E-state index in [2.05, 4.69) is 0 Å². The van der Waals surface area contributed by atoms with Crippen LogP contribution in [0.5, 0.6) is 0 Å². The number of carbonyl (C=O) groups excluding carboxylic acids is 1. The summed E-state index contributed by atoms with van der Waals surface area (Å²) < 4.78 is 1.30. The van der Waals surface area contributed by atoms with Gasteiger partial charge < -0.3 is 15.0 Å². The van der Waals surface area contributed by atoms with Crippen molar-refractivity contribution in [1.82, 2.24) is 9.47 Å². The van der Waals surface area contributed by atoms with Crippen LogP contribution in [0.25, 0.3) is 0 Å². The fraction of sp³-hybridized carbons (Fsp3) is 0.583. The largest absolute Gasteiger partial charge is 0.358 e. The summed E-state index contributed by atoms with van der Waals surface area (Å²) in [4.78, 5) is 23.9. The molecule has 1 amide bonds. The van der Waals surface area contributed by atoms with Crippen LogP contribution in [0.15, 0.2) is 12.1 Å². The van der Waals surface area contributed by atoms with E-state index < -0.39 is 4.92 Å². The number of aromatic nitrogens is 1. The molecule has 0 aromatic carbocycles. The fourth-order valence-corrected chi connectivity index (χ4v) is 2.00. The van der Waals surface area contributed by atoms with E-state index in [4.69, 9.17) is 11.6 Å². The van der Waals surface area contributed by atoms with Crippen molar-refractivity contribution in [1.29, 1.82) is 0 Å². The van der Waals surface area contributed by atoms with Crippen molar-refractivity contribution >= 4 is 23.3 Å². The van der Waals surface area contributed by atoms with Gasteiger partial charge in [0, 0.05) is 25.5 Å². The molecule has 0 aliphatic heterocycles. The molecule has 1 rings (SSSR count). The molecule has 0 spiro atoms. The molecule has 7 heteroatoms. The molecule has 1 aromatic heterocycles. The minimum atomic E-state index is -0.503. The Kier molecular flexibility index (Phi) is 5.82. The van der Waals surface area contributed by atoms with Gasteiger partial charge in [0.1, 0.15) is 0 Å². The van der Waals surface area contributed by atoms with Gasteiger partial charge in [0.25, 0.3) is 5.91 Å². The zero-order valence-corrected chi connectivity index (χ0v) is 11.9. The zero-order chi connectivity index (χ0) is 14.4. The first-order chi connectivity index (χ1) is 8.99. The number of carbonyl (C=O) groups is 1. The molecule has 106 valence electrons. The predicted molar refractivity (Wildman–Crippen MR) is 73.6 cm³/mol. The van der Waals surface area contributed by atoms with Crippen molar-refractivity contribution < 1.29 is 9.72 Å². The first-order valence-electron chi connectivity index (χ1n) is 6.10. The summed E-state index contributed by atoms with van der Waals surface area (Å²) in [5.41, 5.74) is 0.326. The van der Waals surface area contributed by atoms with Gasteiger partial charge in [0.05, 0.1) is 7.05 Å². The Balaban J connectivity index is 2.64. The molecule has 0 aliphatic carbocycles. The fourth-order valence-electron chi connectivity index (χ4n) is 1.82. The highest BCUT2D eigenvalue weighted by Crippen LogP contribution is 2.16. The van der Waals surface area contributed by atoms with Crippen LogP contribution in [0.2, 0.25) is 0 Å². The lowest BCUT2D eigenvalue weighted by atomic mass is 10.2. The van der Waals surface area contributed by atoms with Crippen LogP contribution in [-0.2, 0) is 7.05 Å². The van der Waals surface area contributed by atoms with Gasteiger partial charge >= 0.3 is 5.82 Å². The van der Waals surface area contributed by atoms with Crippen LogP contribution < -0.4 is 0 Å². The molecule has 0 atom stereocenters. The number of hydrogen-bond donors (Lipinski definition) is 0. The molecular weight excluding hydrogens is 270 g/mol. The SMILES string of the molecule is CN(CCCCCCl)C(=O)c1ccc([N+](=O)[O-])n1C.